The van der Waals surface area contributed by atoms with Gasteiger partial charge in [-0.15, -0.1) is 0 Å². The third kappa shape index (κ3) is 3.98. The van der Waals surface area contributed by atoms with Crippen LogP contribution in [-0.2, 0) is 6.54 Å². The molecule has 4 rings (SSSR count). The summed E-state index contributed by atoms with van der Waals surface area (Å²) in [5.41, 5.74) is 1.54. The normalized spacial score (nSPS) is 13.5. The molecule has 0 amide bonds. The van der Waals surface area contributed by atoms with Crippen molar-refractivity contribution in [3.8, 4) is 11.3 Å². The highest BCUT2D eigenvalue weighted by Crippen LogP contribution is 2.25. The number of rotatable bonds is 7. The van der Waals surface area contributed by atoms with E-state index in [0.29, 0.717) is 40.8 Å². The summed E-state index contributed by atoms with van der Waals surface area (Å²) in [5.74, 6) is 0.0197. The van der Waals surface area contributed by atoms with Crippen molar-refractivity contribution in [2.75, 3.05) is 19.6 Å². The zero-order chi connectivity index (χ0) is 22.0. The van der Waals surface area contributed by atoms with Gasteiger partial charge in [0.25, 0.3) is 11.1 Å². The van der Waals surface area contributed by atoms with Crippen molar-refractivity contribution in [3.05, 3.63) is 62.4 Å². The summed E-state index contributed by atoms with van der Waals surface area (Å²) < 4.78 is 1.59. The predicted molar refractivity (Wildman–Crippen MR) is 123 cm³/mol. The Hall–Kier alpha value is -3.39. The van der Waals surface area contributed by atoms with Crippen molar-refractivity contribution in [1.82, 2.24) is 24.6 Å². The van der Waals surface area contributed by atoms with Gasteiger partial charge in [-0.3, -0.25) is 19.4 Å². The van der Waals surface area contributed by atoms with Gasteiger partial charge < -0.3 is 15.0 Å². The number of nitrogens with one attached hydrogen (secondary N) is 2. The van der Waals surface area contributed by atoms with Gasteiger partial charge in [-0.2, -0.15) is 0 Å². The Bertz CT molecular complexity index is 1280. The molecule has 0 radical (unpaired) electrons. The number of H-pyrrole nitrogens is 2. The molecule has 31 heavy (non-hydrogen) atoms. The fourth-order valence-electron chi connectivity index (χ4n) is 3.95. The molecule has 0 fully saturated rings. The largest absolute Gasteiger partial charge is 0.506 e. The number of aromatic amines is 2. The quantitative estimate of drug-likeness (QED) is 0.543. The molecule has 2 aromatic heterocycles. The van der Waals surface area contributed by atoms with Gasteiger partial charge in [-0.1, -0.05) is 32.1 Å². The number of aliphatic hydroxyl groups excluding tert-OH is 1. The number of benzene rings is 1. The van der Waals surface area contributed by atoms with Crippen LogP contribution in [0.15, 0.2) is 39.9 Å². The van der Waals surface area contributed by atoms with Crippen LogP contribution in [0.5, 0.6) is 0 Å². The maximum Gasteiger partial charge on any atom is 0.275 e. The highest BCUT2D eigenvalue weighted by Gasteiger charge is 2.19. The molecule has 0 spiro atoms. The number of fused-ring (bicyclic) bond motifs is 2. The van der Waals surface area contributed by atoms with E-state index < -0.39 is 0 Å². The van der Waals surface area contributed by atoms with E-state index in [2.05, 4.69) is 33.8 Å². The van der Waals surface area contributed by atoms with Gasteiger partial charge in [-0.05, 0) is 44.1 Å². The summed E-state index contributed by atoms with van der Waals surface area (Å²) in [6.45, 7) is 7.44. The molecule has 8 nitrogen and oxygen atoms in total. The van der Waals surface area contributed by atoms with Crippen molar-refractivity contribution in [2.45, 2.75) is 33.2 Å². The number of nitrogens with zero attached hydrogens (tertiary/aromatic N) is 3. The zero-order valence-electron chi connectivity index (χ0n) is 17.8. The summed E-state index contributed by atoms with van der Waals surface area (Å²) in [7, 11) is 0. The van der Waals surface area contributed by atoms with Crippen molar-refractivity contribution in [2.24, 2.45) is 0 Å². The van der Waals surface area contributed by atoms with Gasteiger partial charge in [0.2, 0.25) is 0 Å². The molecule has 0 unspecified atom stereocenters. The lowest BCUT2D eigenvalue weighted by Gasteiger charge is -2.19. The van der Waals surface area contributed by atoms with Gasteiger partial charge in [0.15, 0.2) is 0 Å². The summed E-state index contributed by atoms with van der Waals surface area (Å²) in [6, 6.07) is 5.25. The van der Waals surface area contributed by atoms with Crippen molar-refractivity contribution in [1.29, 1.82) is 0 Å². The molecule has 1 aliphatic carbocycles. The first-order valence-electron chi connectivity index (χ1n) is 10.7. The van der Waals surface area contributed by atoms with E-state index in [0.717, 1.165) is 26.1 Å². The van der Waals surface area contributed by atoms with Crippen LogP contribution in [-0.4, -0.2) is 49.4 Å². The number of aliphatic hydroxyl groups is 1. The second-order valence-electron chi connectivity index (χ2n) is 7.64. The average molecular weight is 422 g/mol. The monoisotopic (exact) mass is 421 g/mol. The first-order valence-corrected chi connectivity index (χ1v) is 10.7. The molecule has 0 aliphatic heterocycles. The Morgan fingerprint density at radius 2 is 2.03 bits per heavy atom. The second kappa shape index (κ2) is 8.77. The number of hydrogen-bond donors (Lipinski definition) is 3. The minimum absolute atomic E-state index is 0.0197. The van der Waals surface area contributed by atoms with E-state index >= 15 is 0 Å². The van der Waals surface area contributed by atoms with E-state index in [-0.39, 0.29) is 22.6 Å². The molecular formula is C23H27N5O3. The Kier molecular flexibility index (Phi) is 5.90. The van der Waals surface area contributed by atoms with Crippen LogP contribution in [0.3, 0.4) is 0 Å². The highest BCUT2D eigenvalue weighted by molar-refractivity contribution is 5.92. The number of hydrogen-bond acceptors (Lipinski definition) is 5. The van der Waals surface area contributed by atoms with Crippen LogP contribution in [0.1, 0.15) is 38.1 Å². The SMILES string of the molecule is CCCN(CC)CCn1[nH]c2c(-c3nc4c([nH]c3=O)C=CCC=C4O)cccc2c1=O. The lowest BCUT2D eigenvalue weighted by atomic mass is 10.1. The third-order valence-electron chi connectivity index (χ3n) is 5.59. The molecule has 0 saturated carbocycles. The molecule has 0 saturated heterocycles. The molecular weight excluding hydrogens is 394 g/mol. The minimum atomic E-state index is -0.376. The molecule has 162 valence electrons. The predicted octanol–water partition coefficient (Wildman–Crippen LogP) is 3.13. The number of para-hydroxylation sites is 1. The van der Waals surface area contributed by atoms with Crippen molar-refractivity contribution in [3.63, 3.8) is 0 Å². The third-order valence-corrected chi connectivity index (χ3v) is 5.59. The van der Waals surface area contributed by atoms with Gasteiger partial charge in [0.05, 0.1) is 23.1 Å². The lowest BCUT2D eigenvalue weighted by Crippen LogP contribution is -2.31. The average Bonchev–Trinajstić information content (AvgIpc) is 2.98. The van der Waals surface area contributed by atoms with Crippen LogP contribution in [0, 0.1) is 0 Å². The lowest BCUT2D eigenvalue weighted by molar-refractivity contribution is 0.271. The first kappa shape index (κ1) is 20.9. The molecule has 3 N–H and O–H groups in total. The smallest absolute Gasteiger partial charge is 0.275 e. The van der Waals surface area contributed by atoms with Crippen molar-refractivity contribution >= 4 is 22.7 Å². The maximum atomic E-state index is 12.9. The van der Waals surface area contributed by atoms with Gasteiger partial charge in [0.1, 0.15) is 17.1 Å². The Labute approximate surface area is 179 Å². The Morgan fingerprint density at radius 3 is 2.81 bits per heavy atom. The number of likely N-dealkylation sites (N-methyl/N-ethyl adjacent to an activating group) is 1. The molecule has 0 bridgehead atoms. The number of aromatic nitrogens is 4. The van der Waals surface area contributed by atoms with E-state index in [1.165, 1.54) is 0 Å². The topological polar surface area (TPSA) is 107 Å². The fourth-order valence-corrected chi connectivity index (χ4v) is 3.95. The second-order valence-corrected chi connectivity index (χ2v) is 7.64. The molecule has 0 atom stereocenters. The molecule has 3 aromatic rings. The van der Waals surface area contributed by atoms with Crippen LogP contribution in [0.25, 0.3) is 34.0 Å². The van der Waals surface area contributed by atoms with Crippen LogP contribution < -0.4 is 11.1 Å². The summed E-state index contributed by atoms with van der Waals surface area (Å²) >= 11 is 0. The maximum absolute atomic E-state index is 12.9. The standard InChI is InChI=1S/C23H27N5O3/c1-3-12-27(4-2)13-14-28-23(31)16-9-7-8-15(19(16)26-28)20-22(30)24-17-10-5-6-11-18(29)21(17)25-20/h5,7-11,26,29H,3-4,6,12-14H2,1-2H3,(H,24,30). The van der Waals surface area contributed by atoms with Gasteiger partial charge in [-0.25, -0.2) is 4.98 Å². The molecule has 1 aliphatic rings. The minimum Gasteiger partial charge on any atom is -0.506 e. The summed E-state index contributed by atoms with van der Waals surface area (Å²) in [6.07, 6.45) is 6.84. The van der Waals surface area contributed by atoms with Crippen LogP contribution >= 0.6 is 0 Å². The van der Waals surface area contributed by atoms with Crippen LogP contribution in [0.4, 0.5) is 0 Å². The Morgan fingerprint density at radius 1 is 1.19 bits per heavy atom. The van der Waals surface area contributed by atoms with E-state index in [1.807, 2.05) is 6.08 Å². The first-order chi connectivity index (χ1) is 15.0. The summed E-state index contributed by atoms with van der Waals surface area (Å²) in [5, 5.41) is 14.0. The molecule has 2 heterocycles. The van der Waals surface area contributed by atoms with E-state index in [9.17, 15) is 14.7 Å². The van der Waals surface area contributed by atoms with E-state index in [1.54, 1.807) is 35.0 Å². The van der Waals surface area contributed by atoms with Crippen LogP contribution in [0.2, 0.25) is 0 Å². The number of allylic oxidation sites excluding steroid dienone is 2. The highest BCUT2D eigenvalue weighted by atomic mass is 16.3. The molecule has 1 aromatic carbocycles. The van der Waals surface area contributed by atoms with Gasteiger partial charge >= 0.3 is 0 Å². The fraction of sp³-hybridized carbons (Fsp3) is 0.348. The van der Waals surface area contributed by atoms with E-state index in [4.69, 9.17) is 0 Å². The summed E-state index contributed by atoms with van der Waals surface area (Å²) in [4.78, 5) is 35.3. The zero-order valence-corrected chi connectivity index (χ0v) is 17.8. The molecule has 8 heteroatoms. The Balaban J connectivity index is 1.79. The van der Waals surface area contributed by atoms with Gasteiger partial charge in [0, 0.05) is 12.1 Å². The van der Waals surface area contributed by atoms with Crippen molar-refractivity contribution < 1.29 is 5.11 Å².